The second kappa shape index (κ2) is 6.52. The molecule has 3 heteroatoms. The molecule has 0 saturated carbocycles. The zero-order valence-corrected chi connectivity index (χ0v) is 14.8. The molecule has 1 aromatic heterocycles. The Morgan fingerprint density at radius 3 is 2.42 bits per heavy atom. The van der Waals surface area contributed by atoms with Crippen LogP contribution in [0.15, 0.2) is 42.6 Å². The first-order chi connectivity index (χ1) is 11.5. The highest BCUT2D eigenvalue weighted by atomic mass is 16.1. The second-order valence-corrected chi connectivity index (χ2v) is 6.51. The smallest absolute Gasteiger partial charge is 0.244 e. The van der Waals surface area contributed by atoms with Crippen LogP contribution in [0.25, 0.3) is 10.9 Å². The van der Waals surface area contributed by atoms with Crippen LogP contribution in [0.5, 0.6) is 0 Å². The molecule has 0 aliphatic rings. The molecule has 0 fully saturated rings. The quantitative estimate of drug-likeness (QED) is 0.738. The molecule has 0 atom stereocenters. The lowest BCUT2D eigenvalue weighted by atomic mass is 10.1. The van der Waals surface area contributed by atoms with Gasteiger partial charge in [0, 0.05) is 17.4 Å². The van der Waals surface area contributed by atoms with E-state index in [-0.39, 0.29) is 5.91 Å². The molecular weight excluding hydrogens is 296 g/mol. The first-order valence-electron chi connectivity index (χ1n) is 8.43. The van der Waals surface area contributed by atoms with Gasteiger partial charge in [-0.1, -0.05) is 30.7 Å². The highest BCUT2D eigenvalue weighted by Gasteiger charge is 2.10. The molecule has 1 heterocycles. The summed E-state index contributed by atoms with van der Waals surface area (Å²) in [5.41, 5.74) is 6.76. The molecule has 3 aromatic rings. The number of amides is 1. The Labute approximate surface area is 143 Å². The summed E-state index contributed by atoms with van der Waals surface area (Å²) in [4.78, 5) is 12.5. The molecule has 1 N–H and O–H groups in total. The van der Waals surface area contributed by atoms with Gasteiger partial charge in [0.2, 0.25) is 5.91 Å². The number of aryl methyl sites for hydroxylation is 4. The van der Waals surface area contributed by atoms with Crippen molar-refractivity contribution in [1.29, 1.82) is 0 Å². The van der Waals surface area contributed by atoms with Crippen molar-refractivity contribution in [2.24, 2.45) is 0 Å². The minimum absolute atomic E-state index is 0.00196. The van der Waals surface area contributed by atoms with Gasteiger partial charge in [-0.25, -0.2) is 0 Å². The van der Waals surface area contributed by atoms with Crippen molar-refractivity contribution in [3.63, 3.8) is 0 Å². The number of hydrogen-bond acceptors (Lipinski definition) is 1. The molecule has 0 aliphatic carbocycles. The van der Waals surface area contributed by atoms with E-state index in [2.05, 4.69) is 55.6 Å². The molecule has 2 aromatic carbocycles. The summed E-state index contributed by atoms with van der Waals surface area (Å²) in [6.07, 6.45) is 3.01. The Hall–Kier alpha value is -2.55. The van der Waals surface area contributed by atoms with Gasteiger partial charge >= 0.3 is 0 Å². The Bertz CT molecular complexity index is 882. The van der Waals surface area contributed by atoms with Crippen LogP contribution in [0.2, 0.25) is 0 Å². The highest BCUT2D eigenvalue weighted by molar-refractivity contribution is 5.93. The van der Waals surface area contributed by atoms with E-state index < -0.39 is 0 Å². The molecule has 124 valence electrons. The Kier molecular flexibility index (Phi) is 4.43. The summed E-state index contributed by atoms with van der Waals surface area (Å²) in [5.74, 6) is 0.00196. The van der Waals surface area contributed by atoms with Gasteiger partial charge in [-0.05, 0) is 67.5 Å². The summed E-state index contributed by atoms with van der Waals surface area (Å²) in [6, 6.07) is 12.7. The Morgan fingerprint density at radius 1 is 1.04 bits per heavy atom. The molecule has 0 aliphatic heterocycles. The maximum absolute atomic E-state index is 12.5. The number of anilines is 1. The minimum atomic E-state index is 0.00196. The average molecular weight is 320 g/mol. The highest BCUT2D eigenvalue weighted by Crippen LogP contribution is 2.22. The number of carbonyl (C=O) groups excluding carboxylic acids is 1. The summed E-state index contributed by atoms with van der Waals surface area (Å²) < 4.78 is 2.00. The zero-order valence-electron chi connectivity index (χ0n) is 14.8. The largest absolute Gasteiger partial charge is 0.338 e. The zero-order chi connectivity index (χ0) is 17.3. The van der Waals surface area contributed by atoms with Crippen LogP contribution in [0, 0.1) is 20.8 Å². The van der Waals surface area contributed by atoms with E-state index in [1.54, 1.807) is 0 Å². The standard InChI is InChI=1S/C21H24N2O/c1-5-17-6-7-19-18(12-17)8-9-23(19)13-20(24)22-21-15(3)10-14(2)11-16(21)4/h6-12H,5,13H2,1-4H3,(H,22,24). The van der Waals surface area contributed by atoms with Gasteiger partial charge in [0.05, 0.1) is 0 Å². The number of benzene rings is 2. The van der Waals surface area contributed by atoms with Crippen molar-refractivity contribution in [1.82, 2.24) is 4.57 Å². The Balaban J connectivity index is 1.81. The van der Waals surface area contributed by atoms with Gasteiger partial charge in [-0.15, -0.1) is 0 Å². The molecule has 1 amide bonds. The van der Waals surface area contributed by atoms with Crippen LogP contribution in [0.1, 0.15) is 29.2 Å². The summed E-state index contributed by atoms with van der Waals surface area (Å²) >= 11 is 0. The first-order valence-corrected chi connectivity index (χ1v) is 8.43. The average Bonchev–Trinajstić information content (AvgIpc) is 2.93. The van der Waals surface area contributed by atoms with E-state index in [9.17, 15) is 4.79 Å². The Morgan fingerprint density at radius 2 is 1.75 bits per heavy atom. The van der Waals surface area contributed by atoms with Crippen molar-refractivity contribution in [2.45, 2.75) is 40.7 Å². The number of rotatable bonds is 4. The molecular formula is C21H24N2O. The van der Waals surface area contributed by atoms with Gasteiger partial charge in [0.1, 0.15) is 6.54 Å². The van der Waals surface area contributed by atoms with Gasteiger partial charge < -0.3 is 9.88 Å². The monoisotopic (exact) mass is 320 g/mol. The van der Waals surface area contributed by atoms with E-state index in [0.717, 1.165) is 28.8 Å². The molecule has 24 heavy (non-hydrogen) atoms. The lowest BCUT2D eigenvalue weighted by Gasteiger charge is -2.13. The van der Waals surface area contributed by atoms with E-state index in [1.807, 2.05) is 24.6 Å². The second-order valence-electron chi connectivity index (χ2n) is 6.51. The number of fused-ring (bicyclic) bond motifs is 1. The number of nitrogens with one attached hydrogen (secondary N) is 1. The molecule has 0 radical (unpaired) electrons. The normalized spacial score (nSPS) is 11.0. The summed E-state index contributed by atoms with van der Waals surface area (Å²) in [7, 11) is 0. The number of hydrogen-bond donors (Lipinski definition) is 1. The lowest BCUT2D eigenvalue weighted by Crippen LogP contribution is -2.19. The molecule has 0 spiro atoms. The van der Waals surface area contributed by atoms with Crippen LogP contribution >= 0.6 is 0 Å². The molecule has 0 unspecified atom stereocenters. The van der Waals surface area contributed by atoms with E-state index >= 15 is 0 Å². The van der Waals surface area contributed by atoms with Gasteiger partial charge in [-0.3, -0.25) is 4.79 Å². The van der Waals surface area contributed by atoms with Gasteiger partial charge in [0.25, 0.3) is 0 Å². The van der Waals surface area contributed by atoms with Crippen molar-refractivity contribution in [3.8, 4) is 0 Å². The van der Waals surface area contributed by atoms with Gasteiger partial charge in [0.15, 0.2) is 0 Å². The number of nitrogens with zero attached hydrogens (tertiary/aromatic N) is 1. The fraction of sp³-hybridized carbons (Fsp3) is 0.286. The third-order valence-electron chi connectivity index (χ3n) is 4.50. The molecule has 3 nitrogen and oxygen atoms in total. The van der Waals surface area contributed by atoms with Gasteiger partial charge in [-0.2, -0.15) is 0 Å². The maximum Gasteiger partial charge on any atom is 0.244 e. The SMILES string of the molecule is CCc1ccc2c(ccn2CC(=O)Nc2c(C)cc(C)cc2C)c1. The van der Waals surface area contributed by atoms with Crippen LogP contribution < -0.4 is 5.32 Å². The minimum Gasteiger partial charge on any atom is -0.338 e. The summed E-state index contributed by atoms with van der Waals surface area (Å²) in [5, 5.41) is 4.26. The van der Waals surface area contributed by atoms with Crippen LogP contribution in [-0.4, -0.2) is 10.5 Å². The maximum atomic E-state index is 12.5. The van der Waals surface area contributed by atoms with Crippen molar-refractivity contribution < 1.29 is 4.79 Å². The number of carbonyl (C=O) groups is 1. The number of aromatic nitrogens is 1. The predicted molar refractivity (Wildman–Crippen MR) is 101 cm³/mol. The van der Waals surface area contributed by atoms with Crippen molar-refractivity contribution in [3.05, 3.63) is 64.8 Å². The topological polar surface area (TPSA) is 34.0 Å². The molecule has 0 bridgehead atoms. The summed E-state index contributed by atoms with van der Waals surface area (Å²) in [6.45, 7) is 8.61. The van der Waals surface area contributed by atoms with E-state index in [0.29, 0.717) is 6.54 Å². The fourth-order valence-corrected chi connectivity index (χ4v) is 3.32. The van der Waals surface area contributed by atoms with Crippen molar-refractivity contribution >= 4 is 22.5 Å². The third-order valence-corrected chi connectivity index (χ3v) is 4.50. The molecule has 0 saturated heterocycles. The van der Waals surface area contributed by atoms with Crippen LogP contribution in [0.4, 0.5) is 5.69 Å². The van der Waals surface area contributed by atoms with Crippen LogP contribution in [0.3, 0.4) is 0 Å². The fourth-order valence-electron chi connectivity index (χ4n) is 3.32. The molecule has 3 rings (SSSR count). The van der Waals surface area contributed by atoms with E-state index in [1.165, 1.54) is 16.5 Å². The van der Waals surface area contributed by atoms with Crippen molar-refractivity contribution in [2.75, 3.05) is 5.32 Å². The van der Waals surface area contributed by atoms with E-state index in [4.69, 9.17) is 0 Å². The first kappa shape index (κ1) is 16.3. The lowest BCUT2D eigenvalue weighted by molar-refractivity contribution is -0.116. The third kappa shape index (κ3) is 3.21. The van der Waals surface area contributed by atoms with Crippen LogP contribution in [-0.2, 0) is 17.8 Å². The predicted octanol–water partition coefficient (Wildman–Crippen LogP) is 4.77.